The van der Waals surface area contributed by atoms with Crippen molar-refractivity contribution in [3.63, 3.8) is 0 Å². The third-order valence-electron chi connectivity index (χ3n) is 3.63. The number of rotatable bonds is 6. The predicted molar refractivity (Wildman–Crippen MR) is 81.1 cm³/mol. The number of hydrogen-bond acceptors (Lipinski definition) is 3. The molecule has 0 atom stereocenters. The molecule has 0 aromatic heterocycles. The molecule has 1 aliphatic rings. The van der Waals surface area contributed by atoms with E-state index in [1.165, 1.54) is 0 Å². The van der Waals surface area contributed by atoms with Gasteiger partial charge in [-0.05, 0) is 37.3 Å². The predicted octanol–water partition coefficient (Wildman–Crippen LogP) is 2.66. The molecule has 1 amide bonds. The summed E-state index contributed by atoms with van der Waals surface area (Å²) in [6.07, 6.45) is 3.12. The Balaban J connectivity index is 1.90. The second kappa shape index (κ2) is 7.90. The van der Waals surface area contributed by atoms with Crippen LogP contribution in [0.2, 0.25) is 0 Å². The monoisotopic (exact) mass is 276 g/mol. The van der Waals surface area contributed by atoms with Gasteiger partial charge in [-0.25, -0.2) is 0 Å². The Kier molecular flexibility index (Phi) is 5.87. The van der Waals surface area contributed by atoms with Crippen LogP contribution in [0.5, 0.6) is 0 Å². The highest BCUT2D eigenvalue weighted by molar-refractivity contribution is 5.99. The third-order valence-corrected chi connectivity index (χ3v) is 3.63. The molecule has 1 fully saturated rings. The summed E-state index contributed by atoms with van der Waals surface area (Å²) < 4.78 is 5.33. The van der Waals surface area contributed by atoms with Crippen molar-refractivity contribution in [1.29, 1.82) is 0 Å². The molecular formula is C16H24N2O2. The number of ether oxygens (including phenoxy) is 1. The van der Waals surface area contributed by atoms with Crippen LogP contribution < -0.4 is 10.6 Å². The lowest BCUT2D eigenvalue weighted by molar-refractivity contribution is 0.0643. The Bertz CT molecular complexity index is 428. The van der Waals surface area contributed by atoms with Gasteiger partial charge in [0, 0.05) is 32.0 Å². The van der Waals surface area contributed by atoms with Gasteiger partial charge in [0.2, 0.25) is 0 Å². The van der Waals surface area contributed by atoms with Crippen LogP contribution in [0.4, 0.5) is 5.69 Å². The molecule has 110 valence electrons. The third kappa shape index (κ3) is 4.23. The topological polar surface area (TPSA) is 50.4 Å². The van der Waals surface area contributed by atoms with E-state index >= 15 is 0 Å². The average Bonchev–Trinajstić information content (AvgIpc) is 2.52. The molecule has 20 heavy (non-hydrogen) atoms. The Morgan fingerprint density at radius 3 is 2.80 bits per heavy atom. The van der Waals surface area contributed by atoms with Crippen molar-refractivity contribution in [2.24, 2.45) is 5.92 Å². The number of anilines is 1. The largest absolute Gasteiger partial charge is 0.384 e. The van der Waals surface area contributed by atoms with Crippen LogP contribution in [-0.2, 0) is 4.74 Å². The van der Waals surface area contributed by atoms with Gasteiger partial charge in [-0.3, -0.25) is 4.79 Å². The SMILES string of the molecule is CCCNc1ccccc1C(=O)NCC1CCOCC1. The van der Waals surface area contributed by atoms with Gasteiger partial charge in [0.1, 0.15) is 0 Å². The lowest BCUT2D eigenvalue weighted by Crippen LogP contribution is -2.32. The summed E-state index contributed by atoms with van der Waals surface area (Å²) in [6, 6.07) is 7.68. The number of nitrogens with one attached hydrogen (secondary N) is 2. The van der Waals surface area contributed by atoms with Gasteiger partial charge in [-0.15, -0.1) is 0 Å². The molecule has 0 unspecified atom stereocenters. The zero-order chi connectivity index (χ0) is 14.2. The summed E-state index contributed by atoms with van der Waals surface area (Å²) >= 11 is 0. The summed E-state index contributed by atoms with van der Waals surface area (Å²) in [4.78, 5) is 12.3. The molecule has 1 aliphatic heterocycles. The number of carbonyl (C=O) groups is 1. The lowest BCUT2D eigenvalue weighted by atomic mass is 10.0. The fourth-order valence-corrected chi connectivity index (χ4v) is 2.38. The maximum Gasteiger partial charge on any atom is 0.253 e. The van der Waals surface area contributed by atoms with Crippen LogP contribution >= 0.6 is 0 Å². The molecule has 2 N–H and O–H groups in total. The van der Waals surface area contributed by atoms with Crippen molar-refractivity contribution < 1.29 is 9.53 Å². The zero-order valence-electron chi connectivity index (χ0n) is 12.2. The van der Waals surface area contributed by atoms with Gasteiger partial charge in [-0.2, -0.15) is 0 Å². The quantitative estimate of drug-likeness (QED) is 0.840. The highest BCUT2D eigenvalue weighted by Crippen LogP contribution is 2.16. The minimum atomic E-state index is 0.00990. The molecule has 1 heterocycles. The number of benzene rings is 1. The Morgan fingerprint density at radius 1 is 1.30 bits per heavy atom. The van der Waals surface area contributed by atoms with E-state index in [1.54, 1.807) is 0 Å². The van der Waals surface area contributed by atoms with Crippen molar-refractivity contribution in [1.82, 2.24) is 5.32 Å². The van der Waals surface area contributed by atoms with Gasteiger partial charge in [-0.1, -0.05) is 19.1 Å². The standard InChI is InChI=1S/C16H24N2O2/c1-2-9-17-15-6-4-3-5-14(15)16(19)18-12-13-7-10-20-11-8-13/h3-6,13,17H,2,7-12H2,1H3,(H,18,19). The highest BCUT2D eigenvalue weighted by Gasteiger charge is 2.16. The normalized spacial score (nSPS) is 15.8. The molecule has 0 spiro atoms. The van der Waals surface area contributed by atoms with E-state index in [9.17, 15) is 4.79 Å². The van der Waals surface area contributed by atoms with E-state index in [0.29, 0.717) is 5.92 Å². The fourth-order valence-electron chi connectivity index (χ4n) is 2.38. The van der Waals surface area contributed by atoms with E-state index in [1.807, 2.05) is 24.3 Å². The first-order chi connectivity index (χ1) is 9.81. The Morgan fingerprint density at radius 2 is 2.05 bits per heavy atom. The molecule has 4 heteroatoms. The molecule has 1 aromatic carbocycles. The van der Waals surface area contributed by atoms with E-state index < -0.39 is 0 Å². The van der Waals surface area contributed by atoms with Crippen molar-refractivity contribution in [2.75, 3.05) is 31.6 Å². The first-order valence-electron chi connectivity index (χ1n) is 7.50. The smallest absolute Gasteiger partial charge is 0.253 e. The molecule has 2 rings (SSSR count). The molecule has 1 saturated heterocycles. The van der Waals surface area contributed by atoms with E-state index in [4.69, 9.17) is 4.74 Å². The summed E-state index contributed by atoms with van der Waals surface area (Å²) in [7, 11) is 0. The first-order valence-corrected chi connectivity index (χ1v) is 7.50. The molecule has 4 nitrogen and oxygen atoms in total. The average molecular weight is 276 g/mol. The molecule has 1 aromatic rings. The molecule has 0 bridgehead atoms. The van der Waals surface area contributed by atoms with Crippen molar-refractivity contribution >= 4 is 11.6 Å². The number of carbonyl (C=O) groups excluding carboxylic acids is 1. The second-order valence-electron chi connectivity index (χ2n) is 5.24. The maximum absolute atomic E-state index is 12.3. The molecular weight excluding hydrogens is 252 g/mol. The number of amides is 1. The van der Waals surface area contributed by atoms with Crippen LogP contribution in [0.3, 0.4) is 0 Å². The van der Waals surface area contributed by atoms with Crippen LogP contribution in [0.25, 0.3) is 0 Å². The van der Waals surface area contributed by atoms with Crippen LogP contribution in [0.1, 0.15) is 36.5 Å². The van der Waals surface area contributed by atoms with Gasteiger partial charge < -0.3 is 15.4 Å². The Hall–Kier alpha value is -1.55. The van der Waals surface area contributed by atoms with Crippen molar-refractivity contribution in [3.05, 3.63) is 29.8 Å². The first kappa shape index (κ1) is 14.9. The summed E-state index contributed by atoms with van der Waals surface area (Å²) in [5.74, 6) is 0.555. The molecule has 0 saturated carbocycles. The fraction of sp³-hybridized carbons (Fsp3) is 0.562. The summed E-state index contributed by atoms with van der Waals surface area (Å²) in [6.45, 7) is 5.36. The Labute approximate surface area is 120 Å². The van der Waals surface area contributed by atoms with Crippen LogP contribution in [-0.4, -0.2) is 32.2 Å². The minimum absolute atomic E-state index is 0.00990. The minimum Gasteiger partial charge on any atom is -0.384 e. The van der Waals surface area contributed by atoms with Gasteiger partial charge in [0.05, 0.1) is 5.56 Å². The van der Waals surface area contributed by atoms with Crippen molar-refractivity contribution in [2.45, 2.75) is 26.2 Å². The second-order valence-corrected chi connectivity index (χ2v) is 5.24. The number of hydrogen-bond donors (Lipinski definition) is 2. The molecule has 0 radical (unpaired) electrons. The van der Waals surface area contributed by atoms with Gasteiger partial charge in [0.15, 0.2) is 0 Å². The van der Waals surface area contributed by atoms with Gasteiger partial charge in [0.25, 0.3) is 5.91 Å². The summed E-state index contributed by atoms with van der Waals surface area (Å²) in [5, 5.41) is 6.35. The van der Waals surface area contributed by atoms with E-state index in [0.717, 1.165) is 56.8 Å². The maximum atomic E-state index is 12.3. The lowest BCUT2D eigenvalue weighted by Gasteiger charge is -2.22. The zero-order valence-corrected chi connectivity index (χ0v) is 12.2. The molecule has 0 aliphatic carbocycles. The van der Waals surface area contributed by atoms with Crippen LogP contribution in [0.15, 0.2) is 24.3 Å². The van der Waals surface area contributed by atoms with Gasteiger partial charge >= 0.3 is 0 Å². The van der Waals surface area contributed by atoms with Crippen molar-refractivity contribution in [3.8, 4) is 0 Å². The number of para-hydroxylation sites is 1. The highest BCUT2D eigenvalue weighted by atomic mass is 16.5. The van der Waals surface area contributed by atoms with E-state index in [-0.39, 0.29) is 5.91 Å². The van der Waals surface area contributed by atoms with Crippen LogP contribution in [0, 0.1) is 5.92 Å². The summed E-state index contributed by atoms with van der Waals surface area (Å²) in [5.41, 5.74) is 1.65. The van der Waals surface area contributed by atoms with E-state index in [2.05, 4.69) is 17.6 Å².